The molecule has 4 amide bonds. The molecule has 0 radical (unpaired) electrons. The molecule has 0 aliphatic carbocycles. The first-order valence-electron chi connectivity index (χ1n) is 3.27. The van der Waals surface area contributed by atoms with E-state index in [9.17, 15) is 14.7 Å². The van der Waals surface area contributed by atoms with Crippen LogP contribution in [0.15, 0.2) is 0 Å². The van der Waals surface area contributed by atoms with Crippen molar-refractivity contribution >= 4 is 12.1 Å². The number of carbonyl (C=O) groups is 2. The maximum absolute atomic E-state index is 10.3. The minimum absolute atomic E-state index is 0.0544. The number of hydrogen-bond donors (Lipinski definition) is 5. The molecular weight excluding hydrogens is 164 g/mol. The Morgan fingerprint density at radius 2 is 1.67 bits per heavy atom. The van der Waals surface area contributed by atoms with E-state index in [0.717, 1.165) is 0 Å². The van der Waals surface area contributed by atoms with Gasteiger partial charge in [0.05, 0.1) is 0 Å². The first kappa shape index (κ1) is 10.5. The first-order valence-corrected chi connectivity index (χ1v) is 3.27. The van der Waals surface area contributed by atoms with Crippen LogP contribution in [0.5, 0.6) is 0 Å². The number of amides is 4. The second-order valence-corrected chi connectivity index (χ2v) is 2.19. The molecule has 0 atom stereocenters. The SMILES string of the molecule is CCC(O)(NC(N)=O)NC(N)=O. The molecule has 12 heavy (non-hydrogen) atoms. The van der Waals surface area contributed by atoms with Crippen molar-refractivity contribution in [2.75, 3.05) is 0 Å². The Bertz CT molecular complexity index is 177. The van der Waals surface area contributed by atoms with Crippen LogP contribution in [0.25, 0.3) is 0 Å². The third-order valence-corrected chi connectivity index (χ3v) is 1.17. The van der Waals surface area contributed by atoms with Crippen LogP contribution in [0, 0.1) is 0 Å². The summed E-state index contributed by atoms with van der Waals surface area (Å²) in [6.45, 7) is 1.53. The molecule has 0 rings (SSSR count). The maximum atomic E-state index is 10.3. The largest absolute Gasteiger partial charge is 0.354 e. The van der Waals surface area contributed by atoms with Crippen LogP contribution >= 0.6 is 0 Å². The molecule has 70 valence electrons. The van der Waals surface area contributed by atoms with Crippen LogP contribution in [0.1, 0.15) is 13.3 Å². The topological polar surface area (TPSA) is 130 Å². The molecule has 0 saturated carbocycles. The van der Waals surface area contributed by atoms with Crippen molar-refractivity contribution < 1.29 is 14.7 Å². The molecule has 0 aliphatic heterocycles. The zero-order valence-electron chi connectivity index (χ0n) is 6.63. The molecule has 7 nitrogen and oxygen atoms in total. The highest BCUT2D eigenvalue weighted by Gasteiger charge is 2.26. The summed E-state index contributed by atoms with van der Waals surface area (Å²) in [6, 6.07) is -1.90. The lowest BCUT2D eigenvalue weighted by Gasteiger charge is -2.26. The molecule has 0 heterocycles. The minimum atomic E-state index is -1.86. The van der Waals surface area contributed by atoms with Crippen molar-refractivity contribution in [3.63, 3.8) is 0 Å². The minimum Gasteiger partial charge on any atom is -0.354 e. The summed E-state index contributed by atoms with van der Waals surface area (Å²) in [4.78, 5) is 20.6. The van der Waals surface area contributed by atoms with Crippen LogP contribution in [-0.2, 0) is 0 Å². The van der Waals surface area contributed by atoms with Crippen molar-refractivity contribution in [3.05, 3.63) is 0 Å². The molecule has 0 aromatic carbocycles. The molecule has 0 unspecified atom stereocenters. The molecule has 7 N–H and O–H groups in total. The fraction of sp³-hybridized carbons (Fsp3) is 0.600. The van der Waals surface area contributed by atoms with E-state index < -0.39 is 17.9 Å². The van der Waals surface area contributed by atoms with Gasteiger partial charge in [-0.1, -0.05) is 6.92 Å². The number of hydrogen-bond acceptors (Lipinski definition) is 3. The van der Waals surface area contributed by atoms with E-state index in [1.165, 1.54) is 6.92 Å². The molecule has 0 spiro atoms. The molecule has 0 aromatic rings. The van der Waals surface area contributed by atoms with Crippen LogP contribution < -0.4 is 22.1 Å². The van der Waals surface area contributed by atoms with Gasteiger partial charge in [0.15, 0.2) is 0 Å². The Hall–Kier alpha value is -1.50. The van der Waals surface area contributed by atoms with Crippen molar-refractivity contribution in [3.8, 4) is 0 Å². The van der Waals surface area contributed by atoms with Crippen LogP contribution in [-0.4, -0.2) is 23.0 Å². The normalized spacial score (nSPS) is 10.5. The number of primary amides is 2. The predicted molar refractivity (Wildman–Crippen MR) is 40.7 cm³/mol. The summed E-state index contributed by atoms with van der Waals surface area (Å²) in [5, 5.41) is 13.2. The summed E-state index contributed by atoms with van der Waals surface area (Å²) < 4.78 is 0. The molecule has 7 heteroatoms. The number of nitrogens with two attached hydrogens (primary N) is 2. The van der Waals surface area contributed by atoms with Crippen molar-refractivity contribution in [2.24, 2.45) is 11.5 Å². The first-order chi connectivity index (χ1) is 5.39. The van der Waals surface area contributed by atoms with E-state index in [-0.39, 0.29) is 6.42 Å². The number of aliphatic hydroxyl groups is 1. The van der Waals surface area contributed by atoms with Gasteiger partial charge in [-0.2, -0.15) is 0 Å². The zero-order valence-corrected chi connectivity index (χ0v) is 6.63. The highest BCUT2D eigenvalue weighted by molar-refractivity contribution is 5.75. The van der Waals surface area contributed by atoms with E-state index in [2.05, 4.69) is 0 Å². The quantitative estimate of drug-likeness (QED) is 0.331. The summed E-state index contributed by atoms with van der Waals surface area (Å²) in [5.74, 6) is -1.86. The van der Waals surface area contributed by atoms with Crippen LogP contribution in [0.4, 0.5) is 9.59 Å². The molecule has 0 fully saturated rings. The molecule has 0 bridgehead atoms. The molecule has 0 saturated heterocycles. The third kappa shape index (κ3) is 3.62. The van der Waals surface area contributed by atoms with Gasteiger partial charge in [-0.3, -0.25) is 10.6 Å². The van der Waals surface area contributed by atoms with Crippen molar-refractivity contribution in [1.29, 1.82) is 0 Å². The Morgan fingerprint density at radius 3 is 1.83 bits per heavy atom. The Labute approximate surface area is 69.1 Å². The van der Waals surface area contributed by atoms with Gasteiger partial charge in [0.1, 0.15) is 0 Å². The van der Waals surface area contributed by atoms with E-state index in [1.54, 1.807) is 0 Å². The van der Waals surface area contributed by atoms with Gasteiger partial charge in [-0.05, 0) is 0 Å². The smallest absolute Gasteiger partial charge is 0.315 e. The highest BCUT2D eigenvalue weighted by atomic mass is 16.3. The van der Waals surface area contributed by atoms with Gasteiger partial charge in [-0.25, -0.2) is 9.59 Å². The maximum Gasteiger partial charge on any atom is 0.315 e. The average Bonchev–Trinajstić information content (AvgIpc) is 1.83. The van der Waals surface area contributed by atoms with Crippen molar-refractivity contribution in [2.45, 2.75) is 19.2 Å². The lowest BCUT2D eigenvalue weighted by Crippen LogP contribution is -2.62. The third-order valence-electron chi connectivity index (χ3n) is 1.17. The van der Waals surface area contributed by atoms with Gasteiger partial charge in [0, 0.05) is 6.42 Å². The van der Waals surface area contributed by atoms with Crippen molar-refractivity contribution in [1.82, 2.24) is 10.6 Å². The van der Waals surface area contributed by atoms with Gasteiger partial charge in [0.25, 0.3) is 0 Å². The number of nitrogens with one attached hydrogen (secondary N) is 2. The predicted octanol–water partition coefficient (Wildman–Crippen LogP) is -1.62. The Kier molecular flexibility index (Phi) is 3.30. The van der Waals surface area contributed by atoms with Crippen LogP contribution in [0.3, 0.4) is 0 Å². The second-order valence-electron chi connectivity index (χ2n) is 2.19. The molecular formula is C5H12N4O3. The average molecular weight is 176 g/mol. The number of urea groups is 2. The highest BCUT2D eigenvalue weighted by Crippen LogP contribution is 1.99. The second kappa shape index (κ2) is 3.77. The van der Waals surface area contributed by atoms with Gasteiger partial charge >= 0.3 is 12.1 Å². The summed E-state index contributed by atoms with van der Waals surface area (Å²) in [7, 11) is 0. The van der Waals surface area contributed by atoms with E-state index in [1.807, 2.05) is 10.6 Å². The zero-order chi connectivity index (χ0) is 9.78. The fourth-order valence-electron chi connectivity index (χ4n) is 0.616. The van der Waals surface area contributed by atoms with Gasteiger partial charge in [0.2, 0.25) is 5.85 Å². The van der Waals surface area contributed by atoms with Crippen LogP contribution in [0.2, 0.25) is 0 Å². The van der Waals surface area contributed by atoms with E-state index >= 15 is 0 Å². The lowest BCUT2D eigenvalue weighted by molar-refractivity contribution is -0.00635. The monoisotopic (exact) mass is 176 g/mol. The van der Waals surface area contributed by atoms with E-state index in [0.29, 0.717) is 0 Å². The number of carbonyl (C=O) groups excluding carboxylic acids is 2. The number of rotatable bonds is 3. The van der Waals surface area contributed by atoms with Gasteiger partial charge < -0.3 is 16.6 Å². The molecule has 0 aromatic heterocycles. The standard InChI is InChI=1S/C5H12N4O3/c1-2-5(12,8-3(6)10)9-4(7)11/h12H,2H2,1H3,(H3,6,8,10)(H3,7,9,11). The summed E-state index contributed by atoms with van der Waals surface area (Å²) in [5.41, 5.74) is 9.46. The summed E-state index contributed by atoms with van der Waals surface area (Å²) in [6.07, 6.45) is 0.0544. The lowest BCUT2D eigenvalue weighted by atomic mass is 10.3. The Morgan fingerprint density at radius 1 is 1.33 bits per heavy atom. The Balaban J connectivity index is 4.23. The van der Waals surface area contributed by atoms with Gasteiger partial charge in [-0.15, -0.1) is 0 Å². The molecule has 0 aliphatic rings. The summed E-state index contributed by atoms with van der Waals surface area (Å²) >= 11 is 0. The fourth-order valence-corrected chi connectivity index (χ4v) is 0.616. The van der Waals surface area contributed by atoms with E-state index in [4.69, 9.17) is 11.5 Å².